The summed E-state index contributed by atoms with van der Waals surface area (Å²) in [5, 5.41) is 0. The van der Waals surface area contributed by atoms with E-state index in [0.717, 1.165) is 29.9 Å². The molecular weight excluding hydrogens is 272 g/mol. The molecule has 0 bridgehead atoms. The molecule has 0 unspecified atom stereocenters. The predicted molar refractivity (Wildman–Crippen MR) is 93.8 cm³/mol. The van der Waals surface area contributed by atoms with Crippen molar-refractivity contribution < 1.29 is 9.47 Å². The Morgan fingerprint density at radius 2 is 1.86 bits per heavy atom. The molecule has 0 spiro atoms. The molecule has 0 amide bonds. The van der Waals surface area contributed by atoms with E-state index in [1.54, 1.807) is 7.11 Å². The van der Waals surface area contributed by atoms with Gasteiger partial charge in [-0.05, 0) is 68.9 Å². The average Bonchev–Trinajstić information content (AvgIpc) is 2.48. The summed E-state index contributed by atoms with van der Waals surface area (Å²) in [6, 6.07) is 4.41. The molecule has 0 aromatic heterocycles. The third-order valence-electron chi connectivity index (χ3n) is 4.79. The first-order valence-electron chi connectivity index (χ1n) is 8.55. The molecule has 0 atom stereocenters. The summed E-state index contributed by atoms with van der Waals surface area (Å²) in [5.41, 5.74) is 4.89. The first kappa shape index (κ1) is 16.9. The monoisotopic (exact) mass is 302 g/mol. The van der Waals surface area contributed by atoms with Gasteiger partial charge in [0.2, 0.25) is 0 Å². The van der Waals surface area contributed by atoms with E-state index in [0.29, 0.717) is 0 Å². The quantitative estimate of drug-likeness (QED) is 0.620. The standard InChI is InChI=1S/C20H30O2/c1-7-9-10-11-15-12-17(21-6)19-16(8-2)14(3)20(4,5)22-18(19)13-15/h12-13H,7-11H2,1-6H3. The van der Waals surface area contributed by atoms with Crippen molar-refractivity contribution >= 4 is 5.57 Å². The Balaban J connectivity index is 2.49. The molecule has 0 saturated heterocycles. The second-order valence-electron chi connectivity index (χ2n) is 6.70. The Kier molecular flexibility index (Phi) is 5.20. The van der Waals surface area contributed by atoms with E-state index < -0.39 is 0 Å². The molecule has 2 nitrogen and oxygen atoms in total. The van der Waals surface area contributed by atoms with Crippen molar-refractivity contribution in [1.82, 2.24) is 0 Å². The smallest absolute Gasteiger partial charge is 0.132 e. The van der Waals surface area contributed by atoms with Gasteiger partial charge in [0.25, 0.3) is 0 Å². The van der Waals surface area contributed by atoms with Gasteiger partial charge in [0.1, 0.15) is 17.1 Å². The van der Waals surface area contributed by atoms with Crippen LogP contribution in [0.4, 0.5) is 0 Å². The van der Waals surface area contributed by atoms with Crippen LogP contribution in [0.3, 0.4) is 0 Å². The van der Waals surface area contributed by atoms with Crippen LogP contribution < -0.4 is 9.47 Å². The number of unbranched alkanes of at least 4 members (excludes halogenated alkanes) is 2. The zero-order valence-corrected chi connectivity index (χ0v) is 15.0. The highest BCUT2D eigenvalue weighted by Gasteiger charge is 2.33. The van der Waals surface area contributed by atoms with E-state index in [-0.39, 0.29) is 5.60 Å². The molecule has 1 heterocycles. The third-order valence-corrected chi connectivity index (χ3v) is 4.79. The molecule has 0 aliphatic carbocycles. The number of benzene rings is 1. The van der Waals surface area contributed by atoms with Crippen LogP contribution in [-0.4, -0.2) is 12.7 Å². The zero-order chi connectivity index (χ0) is 16.3. The lowest BCUT2D eigenvalue weighted by Gasteiger charge is -2.36. The predicted octanol–water partition coefficient (Wildman–Crippen LogP) is 5.78. The second-order valence-corrected chi connectivity index (χ2v) is 6.70. The van der Waals surface area contributed by atoms with Crippen LogP contribution in [0.15, 0.2) is 17.7 Å². The highest BCUT2D eigenvalue weighted by atomic mass is 16.5. The molecule has 0 fully saturated rings. The summed E-state index contributed by atoms with van der Waals surface area (Å²) in [6.45, 7) is 10.9. The molecule has 2 rings (SSSR count). The van der Waals surface area contributed by atoms with Crippen LogP contribution >= 0.6 is 0 Å². The fourth-order valence-corrected chi connectivity index (χ4v) is 3.25. The van der Waals surface area contributed by atoms with Gasteiger partial charge in [-0.15, -0.1) is 0 Å². The molecule has 1 aromatic carbocycles. The Morgan fingerprint density at radius 1 is 1.14 bits per heavy atom. The number of aryl methyl sites for hydroxylation is 1. The van der Waals surface area contributed by atoms with E-state index in [9.17, 15) is 0 Å². The van der Waals surface area contributed by atoms with Crippen molar-refractivity contribution in [2.24, 2.45) is 0 Å². The van der Waals surface area contributed by atoms with Crippen molar-refractivity contribution in [3.63, 3.8) is 0 Å². The van der Waals surface area contributed by atoms with Gasteiger partial charge in [-0.25, -0.2) is 0 Å². The number of rotatable bonds is 6. The molecule has 0 N–H and O–H groups in total. The van der Waals surface area contributed by atoms with Gasteiger partial charge < -0.3 is 9.47 Å². The van der Waals surface area contributed by atoms with Crippen molar-refractivity contribution in [2.45, 2.75) is 72.3 Å². The zero-order valence-electron chi connectivity index (χ0n) is 15.0. The van der Waals surface area contributed by atoms with Crippen LogP contribution in [0.5, 0.6) is 11.5 Å². The summed E-state index contributed by atoms with van der Waals surface area (Å²) in [4.78, 5) is 0. The van der Waals surface area contributed by atoms with E-state index >= 15 is 0 Å². The molecule has 1 aromatic rings. The van der Waals surface area contributed by atoms with Crippen molar-refractivity contribution in [2.75, 3.05) is 7.11 Å². The third kappa shape index (κ3) is 3.16. The minimum absolute atomic E-state index is 0.245. The van der Waals surface area contributed by atoms with Gasteiger partial charge in [-0.3, -0.25) is 0 Å². The lowest BCUT2D eigenvalue weighted by Crippen LogP contribution is -2.33. The largest absolute Gasteiger partial charge is 0.496 e. The maximum Gasteiger partial charge on any atom is 0.132 e. The summed E-state index contributed by atoms with van der Waals surface area (Å²) < 4.78 is 12.0. The number of allylic oxidation sites excluding steroid dienone is 1. The highest BCUT2D eigenvalue weighted by molar-refractivity contribution is 5.80. The molecule has 0 radical (unpaired) electrons. The lowest BCUT2D eigenvalue weighted by atomic mass is 9.85. The van der Waals surface area contributed by atoms with Crippen molar-refractivity contribution in [1.29, 1.82) is 0 Å². The minimum atomic E-state index is -0.245. The summed E-state index contributed by atoms with van der Waals surface area (Å²) >= 11 is 0. The lowest BCUT2D eigenvalue weighted by molar-refractivity contribution is 0.143. The average molecular weight is 302 g/mol. The van der Waals surface area contributed by atoms with E-state index in [1.807, 2.05) is 0 Å². The van der Waals surface area contributed by atoms with Crippen LogP contribution in [-0.2, 0) is 6.42 Å². The summed E-state index contributed by atoms with van der Waals surface area (Å²) in [7, 11) is 1.76. The fraction of sp³-hybridized carbons (Fsp3) is 0.600. The van der Waals surface area contributed by atoms with Crippen LogP contribution in [0.2, 0.25) is 0 Å². The van der Waals surface area contributed by atoms with Crippen molar-refractivity contribution in [3.8, 4) is 11.5 Å². The second kappa shape index (κ2) is 6.76. The molecule has 122 valence electrons. The fourth-order valence-electron chi connectivity index (χ4n) is 3.25. The molecule has 2 heteroatoms. The molecule has 1 aliphatic rings. The molecular formula is C20H30O2. The maximum atomic E-state index is 6.32. The van der Waals surface area contributed by atoms with Gasteiger partial charge >= 0.3 is 0 Å². The molecule has 0 saturated carbocycles. The SMILES string of the molecule is CCCCCc1cc(OC)c2c(c1)OC(C)(C)C(C)=C2CC. The molecule has 22 heavy (non-hydrogen) atoms. The normalized spacial score (nSPS) is 16.3. The Hall–Kier alpha value is -1.44. The first-order valence-corrected chi connectivity index (χ1v) is 8.55. The minimum Gasteiger partial charge on any atom is -0.496 e. The highest BCUT2D eigenvalue weighted by Crippen LogP contribution is 2.46. The Bertz CT molecular complexity index is 567. The van der Waals surface area contributed by atoms with Crippen molar-refractivity contribution in [3.05, 3.63) is 28.8 Å². The van der Waals surface area contributed by atoms with Gasteiger partial charge in [-0.2, -0.15) is 0 Å². The topological polar surface area (TPSA) is 18.5 Å². The van der Waals surface area contributed by atoms with E-state index in [2.05, 4.69) is 46.8 Å². The Labute approximate surface area is 135 Å². The van der Waals surface area contributed by atoms with E-state index in [1.165, 1.54) is 36.0 Å². The number of hydrogen-bond acceptors (Lipinski definition) is 2. The van der Waals surface area contributed by atoms with Gasteiger partial charge in [0, 0.05) is 0 Å². The van der Waals surface area contributed by atoms with E-state index in [4.69, 9.17) is 9.47 Å². The van der Waals surface area contributed by atoms with Gasteiger partial charge in [-0.1, -0.05) is 26.7 Å². The number of hydrogen-bond donors (Lipinski definition) is 0. The summed E-state index contributed by atoms with van der Waals surface area (Å²) in [5.74, 6) is 1.94. The number of fused-ring (bicyclic) bond motifs is 1. The van der Waals surface area contributed by atoms with Crippen LogP contribution in [0, 0.1) is 0 Å². The Morgan fingerprint density at radius 3 is 2.45 bits per heavy atom. The summed E-state index contributed by atoms with van der Waals surface area (Å²) in [6.07, 6.45) is 5.82. The van der Waals surface area contributed by atoms with Crippen LogP contribution in [0.25, 0.3) is 5.57 Å². The van der Waals surface area contributed by atoms with Gasteiger partial charge in [0.05, 0.1) is 12.7 Å². The number of methoxy groups -OCH3 is 1. The van der Waals surface area contributed by atoms with Gasteiger partial charge in [0.15, 0.2) is 0 Å². The first-order chi connectivity index (χ1) is 10.4. The molecule has 1 aliphatic heterocycles. The van der Waals surface area contributed by atoms with Crippen LogP contribution in [0.1, 0.15) is 71.4 Å². The number of ether oxygens (including phenoxy) is 2. The maximum absolute atomic E-state index is 6.32.